The molecule has 0 saturated heterocycles. The fraction of sp³-hybridized carbons (Fsp3) is 0.111. The predicted molar refractivity (Wildman–Crippen MR) is 96.0 cm³/mol. The maximum atomic E-state index is 12.5. The fourth-order valence-electron chi connectivity index (χ4n) is 2.32. The number of aryl methyl sites for hydroxylation is 1. The van der Waals surface area contributed by atoms with Gasteiger partial charge in [-0.25, -0.2) is 8.42 Å². The molecule has 0 amide bonds. The maximum absolute atomic E-state index is 12.5. The van der Waals surface area contributed by atoms with Crippen molar-refractivity contribution >= 4 is 15.7 Å². The van der Waals surface area contributed by atoms with Gasteiger partial charge in [-0.05, 0) is 42.8 Å². The van der Waals surface area contributed by atoms with Gasteiger partial charge in [0.1, 0.15) is 0 Å². The molecule has 0 atom stereocenters. The lowest BCUT2D eigenvalue weighted by Crippen LogP contribution is -2.13. The third kappa shape index (κ3) is 3.95. The molecule has 128 valence electrons. The zero-order chi connectivity index (χ0) is 17.9. The van der Waals surface area contributed by atoms with Gasteiger partial charge in [0.25, 0.3) is 10.0 Å². The SMILES string of the molecule is COc1ccc(-c2cccc(NS(=O)(=O)c3cccc(C)c3)c2)nn1. The van der Waals surface area contributed by atoms with Gasteiger partial charge in [0.2, 0.25) is 5.88 Å². The van der Waals surface area contributed by atoms with Crippen molar-refractivity contribution in [2.45, 2.75) is 11.8 Å². The summed E-state index contributed by atoms with van der Waals surface area (Å²) in [6.07, 6.45) is 0. The van der Waals surface area contributed by atoms with Crippen molar-refractivity contribution in [1.29, 1.82) is 0 Å². The highest BCUT2D eigenvalue weighted by Crippen LogP contribution is 2.23. The van der Waals surface area contributed by atoms with E-state index in [9.17, 15) is 8.42 Å². The van der Waals surface area contributed by atoms with Crippen LogP contribution in [0.1, 0.15) is 5.56 Å². The van der Waals surface area contributed by atoms with Crippen molar-refractivity contribution in [2.24, 2.45) is 0 Å². The third-order valence-corrected chi connectivity index (χ3v) is 4.94. The Bertz CT molecular complexity index is 986. The summed E-state index contributed by atoms with van der Waals surface area (Å²) in [4.78, 5) is 0.224. The van der Waals surface area contributed by atoms with Gasteiger partial charge in [0.15, 0.2) is 0 Å². The summed E-state index contributed by atoms with van der Waals surface area (Å²) in [7, 11) is -2.13. The minimum absolute atomic E-state index is 0.224. The molecule has 1 N–H and O–H groups in total. The Morgan fingerprint density at radius 3 is 2.44 bits per heavy atom. The van der Waals surface area contributed by atoms with Gasteiger partial charge in [-0.1, -0.05) is 24.3 Å². The highest BCUT2D eigenvalue weighted by Gasteiger charge is 2.14. The first kappa shape index (κ1) is 16.9. The van der Waals surface area contributed by atoms with Crippen LogP contribution < -0.4 is 9.46 Å². The van der Waals surface area contributed by atoms with Crippen LogP contribution in [0.15, 0.2) is 65.6 Å². The monoisotopic (exact) mass is 355 g/mol. The molecule has 0 radical (unpaired) electrons. The third-order valence-electron chi connectivity index (χ3n) is 3.56. The number of ether oxygens (including phenoxy) is 1. The Morgan fingerprint density at radius 1 is 0.960 bits per heavy atom. The molecule has 3 rings (SSSR count). The van der Waals surface area contributed by atoms with Gasteiger partial charge in [-0.15, -0.1) is 10.2 Å². The van der Waals surface area contributed by atoms with Crippen LogP contribution in [0.4, 0.5) is 5.69 Å². The van der Waals surface area contributed by atoms with E-state index in [-0.39, 0.29) is 4.90 Å². The first-order chi connectivity index (χ1) is 12.0. The molecule has 6 nitrogen and oxygen atoms in total. The summed E-state index contributed by atoms with van der Waals surface area (Å²) in [5.41, 5.74) is 2.71. The average molecular weight is 355 g/mol. The number of methoxy groups -OCH3 is 1. The van der Waals surface area contributed by atoms with E-state index in [1.807, 2.05) is 19.1 Å². The van der Waals surface area contributed by atoms with Gasteiger partial charge in [-0.3, -0.25) is 4.72 Å². The summed E-state index contributed by atoms with van der Waals surface area (Å²) in [6.45, 7) is 1.85. The van der Waals surface area contributed by atoms with Crippen molar-refractivity contribution in [2.75, 3.05) is 11.8 Å². The molecule has 0 fully saturated rings. The maximum Gasteiger partial charge on any atom is 0.261 e. The smallest absolute Gasteiger partial charge is 0.261 e. The molecule has 0 spiro atoms. The number of benzene rings is 2. The standard InChI is InChI=1S/C18H17N3O3S/c1-13-5-3-8-16(11-13)25(22,23)21-15-7-4-6-14(12-15)17-9-10-18(24-2)20-19-17/h3-12,21H,1-2H3. The first-order valence-corrected chi connectivity index (χ1v) is 9.04. The number of aromatic nitrogens is 2. The Hall–Kier alpha value is -2.93. The van der Waals surface area contributed by atoms with Gasteiger partial charge in [0.05, 0.1) is 17.7 Å². The summed E-state index contributed by atoms with van der Waals surface area (Å²) in [5.74, 6) is 0.417. The van der Waals surface area contributed by atoms with Crippen LogP contribution in [-0.4, -0.2) is 25.7 Å². The van der Waals surface area contributed by atoms with E-state index < -0.39 is 10.0 Å². The van der Waals surface area contributed by atoms with E-state index in [2.05, 4.69) is 14.9 Å². The molecular formula is C18H17N3O3S. The molecule has 0 unspecified atom stereocenters. The Morgan fingerprint density at radius 2 is 1.76 bits per heavy atom. The fourth-order valence-corrected chi connectivity index (χ4v) is 3.48. The van der Waals surface area contributed by atoms with Crippen molar-refractivity contribution in [3.05, 3.63) is 66.2 Å². The van der Waals surface area contributed by atoms with Crippen LogP contribution in [0.2, 0.25) is 0 Å². The van der Waals surface area contributed by atoms with Gasteiger partial charge >= 0.3 is 0 Å². The lowest BCUT2D eigenvalue weighted by Gasteiger charge is -2.10. The number of hydrogen-bond acceptors (Lipinski definition) is 5. The zero-order valence-corrected chi connectivity index (χ0v) is 14.6. The molecule has 7 heteroatoms. The van der Waals surface area contributed by atoms with Crippen LogP contribution in [0.5, 0.6) is 5.88 Å². The topological polar surface area (TPSA) is 81.2 Å². The van der Waals surface area contributed by atoms with E-state index in [4.69, 9.17) is 4.74 Å². The van der Waals surface area contributed by atoms with Gasteiger partial charge in [-0.2, -0.15) is 0 Å². The Kier molecular flexibility index (Phi) is 4.67. The summed E-state index contributed by atoms with van der Waals surface area (Å²) >= 11 is 0. The van der Waals surface area contributed by atoms with Gasteiger partial charge in [0, 0.05) is 17.3 Å². The van der Waals surface area contributed by atoms with Crippen molar-refractivity contribution < 1.29 is 13.2 Å². The Labute approximate surface area is 146 Å². The summed E-state index contributed by atoms with van der Waals surface area (Å²) in [5, 5.41) is 8.00. The summed E-state index contributed by atoms with van der Waals surface area (Å²) < 4.78 is 32.6. The average Bonchev–Trinajstić information content (AvgIpc) is 2.62. The normalized spacial score (nSPS) is 11.1. The Balaban J connectivity index is 1.88. The number of rotatable bonds is 5. The zero-order valence-electron chi connectivity index (χ0n) is 13.8. The van der Waals surface area contributed by atoms with Crippen LogP contribution >= 0.6 is 0 Å². The molecule has 0 aliphatic rings. The number of nitrogens with one attached hydrogen (secondary N) is 1. The highest BCUT2D eigenvalue weighted by molar-refractivity contribution is 7.92. The van der Waals surface area contributed by atoms with Gasteiger partial charge < -0.3 is 4.74 Å². The molecule has 1 heterocycles. The van der Waals surface area contributed by atoms with Crippen LogP contribution in [0.25, 0.3) is 11.3 Å². The second kappa shape index (κ2) is 6.90. The van der Waals surface area contributed by atoms with E-state index in [1.165, 1.54) is 7.11 Å². The van der Waals surface area contributed by atoms with Crippen LogP contribution in [0, 0.1) is 6.92 Å². The molecule has 0 aliphatic carbocycles. The van der Waals surface area contributed by atoms with Crippen molar-refractivity contribution in [3.63, 3.8) is 0 Å². The molecule has 0 aliphatic heterocycles. The lowest BCUT2D eigenvalue weighted by molar-refractivity contribution is 0.392. The minimum Gasteiger partial charge on any atom is -0.480 e. The largest absolute Gasteiger partial charge is 0.480 e. The van der Waals surface area contributed by atoms with Crippen LogP contribution in [-0.2, 0) is 10.0 Å². The molecule has 25 heavy (non-hydrogen) atoms. The molecule has 0 bridgehead atoms. The van der Waals surface area contributed by atoms with E-state index in [1.54, 1.807) is 48.5 Å². The highest BCUT2D eigenvalue weighted by atomic mass is 32.2. The van der Waals surface area contributed by atoms with E-state index in [0.717, 1.165) is 11.1 Å². The van der Waals surface area contributed by atoms with Crippen molar-refractivity contribution in [1.82, 2.24) is 10.2 Å². The quantitative estimate of drug-likeness (QED) is 0.760. The van der Waals surface area contributed by atoms with E-state index in [0.29, 0.717) is 17.3 Å². The second-order valence-corrected chi connectivity index (χ2v) is 7.15. The van der Waals surface area contributed by atoms with Crippen LogP contribution in [0.3, 0.4) is 0 Å². The minimum atomic E-state index is -3.65. The second-order valence-electron chi connectivity index (χ2n) is 5.46. The molecule has 1 aromatic heterocycles. The lowest BCUT2D eigenvalue weighted by atomic mass is 10.1. The van der Waals surface area contributed by atoms with E-state index >= 15 is 0 Å². The number of sulfonamides is 1. The predicted octanol–water partition coefficient (Wildman–Crippen LogP) is 3.26. The number of hydrogen-bond donors (Lipinski definition) is 1. The molecule has 0 saturated carbocycles. The molecular weight excluding hydrogens is 338 g/mol. The molecule has 3 aromatic rings. The molecule has 2 aromatic carbocycles. The number of anilines is 1. The first-order valence-electron chi connectivity index (χ1n) is 7.55. The summed E-state index contributed by atoms with van der Waals surface area (Å²) in [6, 6.07) is 17.2. The number of nitrogens with zero attached hydrogens (tertiary/aromatic N) is 2. The van der Waals surface area contributed by atoms with Crippen molar-refractivity contribution in [3.8, 4) is 17.1 Å².